The average Bonchev–Trinajstić information content (AvgIpc) is 2.42. The maximum atomic E-state index is 13.0. The van der Waals surface area contributed by atoms with E-state index in [1.54, 1.807) is 19.2 Å². The Morgan fingerprint density at radius 2 is 1.95 bits per heavy atom. The minimum Gasteiger partial charge on any atom is -0.385 e. The van der Waals surface area contributed by atoms with Crippen molar-refractivity contribution >= 4 is 5.91 Å². The summed E-state index contributed by atoms with van der Waals surface area (Å²) >= 11 is 0. The van der Waals surface area contributed by atoms with E-state index in [0.717, 1.165) is 12.0 Å². The number of rotatable bonds is 8. The quantitative estimate of drug-likeness (QED) is 0.744. The van der Waals surface area contributed by atoms with Crippen LogP contribution in [0, 0.1) is 11.7 Å². The van der Waals surface area contributed by atoms with Gasteiger partial charge in [0.05, 0.1) is 0 Å². The monoisotopic (exact) mass is 281 g/mol. The number of nitrogens with one attached hydrogen (secondary N) is 1. The lowest BCUT2D eigenvalue weighted by Crippen LogP contribution is -2.27. The second-order valence-electron chi connectivity index (χ2n) is 5.30. The number of amides is 1. The average molecular weight is 281 g/mol. The van der Waals surface area contributed by atoms with Crippen LogP contribution in [0.2, 0.25) is 0 Å². The Labute approximate surface area is 120 Å². The molecule has 20 heavy (non-hydrogen) atoms. The molecule has 1 atom stereocenters. The molecule has 0 aliphatic carbocycles. The van der Waals surface area contributed by atoms with Gasteiger partial charge in [-0.05, 0) is 36.0 Å². The standard InChI is InChI=1S/C16H24FNO2/c1-12(2)15(13-5-7-14(17)8-6-13)11-16(19)18-9-4-10-20-3/h5-8,12,15H,4,9-11H2,1-3H3,(H,18,19). The molecule has 0 saturated carbocycles. The fourth-order valence-electron chi connectivity index (χ4n) is 2.16. The molecule has 1 aromatic carbocycles. The van der Waals surface area contributed by atoms with Crippen LogP contribution in [-0.4, -0.2) is 26.2 Å². The maximum Gasteiger partial charge on any atom is 0.220 e. The minimum atomic E-state index is -0.250. The molecule has 1 aromatic rings. The number of methoxy groups -OCH3 is 1. The fraction of sp³-hybridized carbons (Fsp3) is 0.562. The molecular weight excluding hydrogens is 257 g/mol. The molecule has 0 aliphatic rings. The Morgan fingerprint density at radius 3 is 2.50 bits per heavy atom. The summed E-state index contributed by atoms with van der Waals surface area (Å²) in [5, 5.41) is 2.89. The van der Waals surface area contributed by atoms with Gasteiger partial charge in [0.25, 0.3) is 0 Å². The molecule has 112 valence electrons. The van der Waals surface area contributed by atoms with Crippen molar-refractivity contribution in [3.8, 4) is 0 Å². The number of carbonyl (C=O) groups is 1. The molecule has 0 bridgehead atoms. The highest BCUT2D eigenvalue weighted by Crippen LogP contribution is 2.27. The first-order valence-corrected chi connectivity index (χ1v) is 7.05. The van der Waals surface area contributed by atoms with Crippen molar-refractivity contribution in [1.29, 1.82) is 0 Å². The zero-order valence-electron chi connectivity index (χ0n) is 12.5. The SMILES string of the molecule is COCCCNC(=O)CC(c1ccc(F)cc1)C(C)C. The van der Waals surface area contributed by atoms with E-state index in [0.29, 0.717) is 25.5 Å². The lowest BCUT2D eigenvalue weighted by Gasteiger charge is -2.21. The lowest BCUT2D eigenvalue weighted by molar-refractivity contribution is -0.121. The fourth-order valence-corrected chi connectivity index (χ4v) is 2.16. The molecule has 0 fully saturated rings. The van der Waals surface area contributed by atoms with Gasteiger partial charge in [-0.15, -0.1) is 0 Å². The van der Waals surface area contributed by atoms with E-state index in [9.17, 15) is 9.18 Å². The summed E-state index contributed by atoms with van der Waals surface area (Å²) in [6.07, 6.45) is 1.24. The van der Waals surface area contributed by atoms with Gasteiger partial charge in [-0.25, -0.2) is 4.39 Å². The van der Waals surface area contributed by atoms with Crippen LogP contribution in [0.1, 0.15) is 38.2 Å². The Hall–Kier alpha value is -1.42. The van der Waals surface area contributed by atoms with E-state index in [1.165, 1.54) is 12.1 Å². The predicted molar refractivity (Wildman–Crippen MR) is 78.1 cm³/mol. The first kappa shape index (κ1) is 16.6. The zero-order chi connectivity index (χ0) is 15.0. The molecule has 4 heteroatoms. The molecule has 0 radical (unpaired) electrons. The topological polar surface area (TPSA) is 38.3 Å². The second-order valence-corrected chi connectivity index (χ2v) is 5.30. The van der Waals surface area contributed by atoms with Crippen LogP contribution < -0.4 is 5.32 Å². The Bertz CT molecular complexity index is 403. The Morgan fingerprint density at radius 1 is 1.30 bits per heavy atom. The predicted octanol–water partition coefficient (Wildman–Crippen LogP) is 3.11. The summed E-state index contributed by atoms with van der Waals surface area (Å²) < 4.78 is 17.9. The van der Waals surface area contributed by atoms with Gasteiger partial charge in [-0.3, -0.25) is 4.79 Å². The van der Waals surface area contributed by atoms with E-state index in [1.807, 2.05) is 0 Å². The Balaban J connectivity index is 2.55. The summed E-state index contributed by atoms with van der Waals surface area (Å²) in [5.74, 6) is 0.215. The van der Waals surface area contributed by atoms with Crippen molar-refractivity contribution in [3.63, 3.8) is 0 Å². The summed E-state index contributed by atoms with van der Waals surface area (Å²) in [4.78, 5) is 11.9. The molecule has 0 spiro atoms. The van der Waals surface area contributed by atoms with E-state index in [-0.39, 0.29) is 17.6 Å². The van der Waals surface area contributed by atoms with E-state index in [2.05, 4.69) is 19.2 Å². The van der Waals surface area contributed by atoms with Crippen molar-refractivity contribution in [2.75, 3.05) is 20.3 Å². The third-order valence-electron chi connectivity index (χ3n) is 3.36. The molecule has 1 N–H and O–H groups in total. The van der Waals surface area contributed by atoms with Gasteiger partial charge < -0.3 is 10.1 Å². The van der Waals surface area contributed by atoms with Crippen LogP contribution in [-0.2, 0) is 9.53 Å². The van der Waals surface area contributed by atoms with Crippen LogP contribution in [0.3, 0.4) is 0 Å². The van der Waals surface area contributed by atoms with Crippen molar-refractivity contribution in [3.05, 3.63) is 35.6 Å². The van der Waals surface area contributed by atoms with Gasteiger partial charge in [-0.1, -0.05) is 26.0 Å². The van der Waals surface area contributed by atoms with Gasteiger partial charge >= 0.3 is 0 Å². The molecule has 0 heterocycles. The number of hydrogen-bond donors (Lipinski definition) is 1. The normalized spacial score (nSPS) is 12.4. The number of ether oxygens (including phenoxy) is 1. The largest absolute Gasteiger partial charge is 0.385 e. The smallest absolute Gasteiger partial charge is 0.220 e. The first-order valence-electron chi connectivity index (χ1n) is 7.05. The summed E-state index contributed by atoms with van der Waals surface area (Å²) in [6.45, 7) is 5.42. The van der Waals surface area contributed by atoms with Gasteiger partial charge in [0.2, 0.25) is 5.91 Å². The maximum absolute atomic E-state index is 13.0. The number of halogens is 1. The molecule has 1 rings (SSSR count). The molecule has 1 amide bonds. The highest BCUT2D eigenvalue weighted by molar-refractivity contribution is 5.76. The molecular formula is C16H24FNO2. The van der Waals surface area contributed by atoms with Crippen LogP contribution in [0.15, 0.2) is 24.3 Å². The molecule has 0 aliphatic heterocycles. The number of hydrogen-bond acceptors (Lipinski definition) is 2. The van der Waals surface area contributed by atoms with E-state index < -0.39 is 0 Å². The molecule has 1 unspecified atom stereocenters. The summed E-state index contributed by atoms with van der Waals surface area (Å²) in [5.41, 5.74) is 1.01. The van der Waals surface area contributed by atoms with E-state index >= 15 is 0 Å². The lowest BCUT2D eigenvalue weighted by atomic mass is 9.85. The van der Waals surface area contributed by atoms with Crippen molar-refractivity contribution in [2.24, 2.45) is 5.92 Å². The third kappa shape index (κ3) is 5.70. The minimum absolute atomic E-state index is 0.0316. The highest BCUT2D eigenvalue weighted by Gasteiger charge is 2.19. The van der Waals surface area contributed by atoms with Gasteiger partial charge in [-0.2, -0.15) is 0 Å². The van der Waals surface area contributed by atoms with Gasteiger partial charge in [0, 0.05) is 26.7 Å². The molecule has 3 nitrogen and oxygen atoms in total. The van der Waals surface area contributed by atoms with Crippen molar-refractivity contribution in [2.45, 2.75) is 32.6 Å². The molecule has 0 aromatic heterocycles. The van der Waals surface area contributed by atoms with Crippen LogP contribution in [0.5, 0.6) is 0 Å². The second kappa shape index (κ2) is 8.69. The number of carbonyl (C=O) groups excluding carboxylic acids is 1. The van der Waals surface area contributed by atoms with E-state index in [4.69, 9.17) is 4.74 Å². The highest BCUT2D eigenvalue weighted by atomic mass is 19.1. The summed E-state index contributed by atoms with van der Waals surface area (Å²) in [7, 11) is 1.64. The van der Waals surface area contributed by atoms with Gasteiger partial charge in [0.1, 0.15) is 5.82 Å². The van der Waals surface area contributed by atoms with Crippen LogP contribution >= 0.6 is 0 Å². The van der Waals surface area contributed by atoms with Crippen LogP contribution in [0.25, 0.3) is 0 Å². The van der Waals surface area contributed by atoms with Crippen LogP contribution in [0.4, 0.5) is 4.39 Å². The number of benzene rings is 1. The molecule has 0 saturated heterocycles. The Kier molecular flexibility index (Phi) is 7.23. The van der Waals surface area contributed by atoms with Crippen molar-refractivity contribution in [1.82, 2.24) is 5.32 Å². The van der Waals surface area contributed by atoms with Gasteiger partial charge in [0.15, 0.2) is 0 Å². The summed E-state index contributed by atoms with van der Waals surface area (Å²) in [6, 6.07) is 6.42. The first-order chi connectivity index (χ1) is 9.54. The zero-order valence-corrected chi connectivity index (χ0v) is 12.5. The van der Waals surface area contributed by atoms with Crippen molar-refractivity contribution < 1.29 is 13.9 Å². The third-order valence-corrected chi connectivity index (χ3v) is 3.36.